The summed E-state index contributed by atoms with van der Waals surface area (Å²) in [5.41, 5.74) is 6.00. The van der Waals surface area contributed by atoms with E-state index in [4.69, 9.17) is 5.73 Å². The molecule has 1 fully saturated rings. The van der Waals surface area contributed by atoms with Crippen molar-refractivity contribution in [2.24, 2.45) is 5.73 Å². The molecule has 7 nitrogen and oxygen atoms in total. The second-order valence-corrected chi connectivity index (χ2v) is 9.68. The van der Waals surface area contributed by atoms with Crippen LogP contribution in [0.1, 0.15) is 59.7 Å². The number of nitrogens with one attached hydrogen (secondary N) is 1. The van der Waals surface area contributed by atoms with Crippen LogP contribution in [0.4, 0.5) is 4.79 Å². The first kappa shape index (κ1) is 21.6. The number of nitrogens with two attached hydrogens (primary N) is 1. The van der Waals surface area contributed by atoms with Crippen LogP contribution in [0.15, 0.2) is 53.0 Å². The number of benzene rings is 1. The molecule has 3 aromatic rings. The zero-order valence-electron chi connectivity index (χ0n) is 17.1. The van der Waals surface area contributed by atoms with Crippen molar-refractivity contribution in [2.45, 2.75) is 55.0 Å². The third-order valence-electron chi connectivity index (χ3n) is 5.40. The van der Waals surface area contributed by atoms with E-state index in [0.717, 1.165) is 24.2 Å². The summed E-state index contributed by atoms with van der Waals surface area (Å²) in [4.78, 5) is 25.4. The predicted octanol–water partition coefficient (Wildman–Crippen LogP) is 4.46. The molecule has 2 heterocycles. The van der Waals surface area contributed by atoms with Crippen LogP contribution in [0.25, 0.3) is 0 Å². The Morgan fingerprint density at radius 3 is 2.58 bits per heavy atom. The molecule has 162 valence electrons. The molecule has 1 atom stereocenters. The molecule has 1 aliphatic carbocycles. The summed E-state index contributed by atoms with van der Waals surface area (Å²) in [7, 11) is 0. The van der Waals surface area contributed by atoms with E-state index in [2.05, 4.69) is 31.5 Å². The average molecular weight is 456 g/mol. The van der Waals surface area contributed by atoms with Gasteiger partial charge in [-0.1, -0.05) is 67.4 Å². The summed E-state index contributed by atoms with van der Waals surface area (Å²) < 4.78 is 2.22. The molecule has 0 saturated heterocycles. The van der Waals surface area contributed by atoms with Crippen LogP contribution in [0.3, 0.4) is 0 Å². The van der Waals surface area contributed by atoms with Crippen molar-refractivity contribution in [2.75, 3.05) is 0 Å². The van der Waals surface area contributed by atoms with E-state index in [0.29, 0.717) is 17.6 Å². The maximum Gasteiger partial charge on any atom is 0.318 e. The van der Waals surface area contributed by atoms with E-state index in [1.807, 2.05) is 36.4 Å². The SMILES string of the molecule is NC(=O)NC(=O)[C@@H](Sc1nnc(Cc2cccs2)n1C1CCCCC1)c1ccccc1. The Kier molecular flexibility index (Phi) is 7.03. The van der Waals surface area contributed by atoms with E-state index < -0.39 is 17.2 Å². The van der Waals surface area contributed by atoms with Crippen molar-refractivity contribution in [3.63, 3.8) is 0 Å². The molecule has 1 aromatic carbocycles. The Bertz CT molecular complexity index is 1010. The van der Waals surface area contributed by atoms with Crippen LogP contribution < -0.4 is 11.1 Å². The van der Waals surface area contributed by atoms with E-state index in [-0.39, 0.29) is 0 Å². The lowest BCUT2D eigenvalue weighted by atomic mass is 9.95. The maximum atomic E-state index is 12.8. The van der Waals surface area contributed by atoms with Crippen LogP contribution in [0, 0.1) is 0 Å². The van der Waals surface area contributed by atoms with Crippen LogP contribution in [-0.2, 0) is 11.2 Å². The van der Waals surface area contributed by atoms with Crippen molar-refractivity contribution < 1.29 is 9.59 Å². The number of nitrogens with zero attached hydrogens (tertiary/aromatic N) is 3. The van der Waals surface area contributed by atoms with Gasteiger partial charge >= 0.3 is 6.03 Å². The minimum absolute atomic E-state index is 0.317. The lowest BCUT2D eigenvalue weighted by molar-refractivity contribution is -0.119. The van der Waals surface area contributed by atoms with Gasteiger partial charge in [-0.25, -0.2) is 4.79 Å². The molecular formula is C22H25N5O2S2. The Labute approximate surface area is 189 Å². The molecule has 3 amide bonds. The van der Waals surface area contributed by atoms with Gasteiger partial charge in [0.2, 0.25) is 5.91 Å². The third-order valence-corrected chi connectivity index (χ3v) is 7.49. The number of rotatable bonds is 7. The number of urea groups is 1. The molecule has 0 spiro atoms. The van der Waals surface area contributed by atoms with Gasteiger partial charge in [0.05, 0.1) is 0 Å². The van der Waals surface area contributed by atoms with Crippen LogP contribution >= 0.6 is 23.1 Å². The van der Waals surface area contributed by atoms with Gasteiger partial charge in [0, 0.05) is 17.3 Å². The molecule has 1 saturated carbocycles. The largest absolute Gasteiger partial charge is 0.351 e. The molecular weight excluding hydrogens is 430 g/mol. The van der Waals surface area contributed by atoms with Crippen molar-refractivity contribution in [3.8, 4) is 0 Å². The first-order valence-electron chi connectivity index (χ1n) is 10.4. The normalized spacial score (nSPS) is 15.5. The van der Waals surface area contributed by atoms with Gasteiger partial charge < -0.3 is 10.3 Å². The van der Waals surface area contributed by atoms with Gasteiger partial charge in [0.1, 0.15) is 11.1 Å². The van der Waals surface area contributed by atoms with Gasteiger partial charge in [-0.05, 0) is 29.9 Å². The summed E-state index contributed by atoms with van der Waals surface area (Å²) in [6.07, 6.45) is 6.46. The molecule has 0 aliphatic heterocycles. The molecule has 3 N–H and O–H groups in total. The first-order chi connectivity index (χ1) is 15.1. The summed E-state index contributed by atoms with van der Waals surface area (Å²) in [6, 6.07) is 13.0. The molecule has 1 aliphatic rings. The monoisotopic (exact) mass is 455 g/mol. The highest BCUT2D eigenvalue weighted by molar-refractivity contribution is 8.00. The van der Waals surface area contributed by atoms with Crippen molar-refractivity contribution in [3.05, 3.63) is 64.1 Å². The molecule has 4 rings (SSSR count). The van der Waals surface area contributed by atoms with Crippen LogP contribution in [-0.4, -0.2) is 26.7 Å². The zero-order chi connectivity index (χ0) is 21.6. The summed E-state index contributed by atoms with van der Waals surface area (Å²) >= 11 is 3.02. The molecule has 0 bridgehead atoms. The fraction of sp³-hybridized carbons (Fsp3) is 0.364. The highest BCUT2D eigenvalue weighted by Crippen LogP contribution is 2.39. The van der Waals surface area contributed by atoms with E-state index in [1.54, 1.807) is 11.3 Å². The molecule has 0 unspecified atom stereocenters. The number of aromatic nitrogens is 3. The second kappa shape index (κ2) is 10.1. The van der Waals surface area contributed by atoms with Gasteiger partial charge in [0.25, 0.3) is 0 Å². The lowest BCUT2D eigenvalue weighted by Crippen LogP contribution is -2.37. The number of amides is 3. The lowest BCUT2D eigenvalue weighted by Gasteiger charge is -2.26. The second-order valence-electron chi connectivity index (χ2n) is 7.58. The molecule has 9 heteroatoms. The molecule has 0 radical (unpaired) electrons. The minimum Gasteiger partial charge on any atom is -0.351 e. The smallest absolute Gasteiger partial charge is 0.318 e. The first-order valence-corrected chi connectivity index (χ1v) is 12.2. The quantitative estimate of drug-likeness (QED) is 0.512. The summed E-state index contributed by atoms with van der Waals surface area (Å²) in [5.74, 6) is 0.459. The summed E-state index contributed by atoms with van der Waals surface area (Å²) in [5, 5.41) is 13.3. The third kappa shape index (κ3) is 5.34. The van der Waals surface area contributed by atoms with Gasteiger partial charge in [0.15, 0.2) is 5.16 Å². The molecule has 31 heavy (non-hydrogen) atoms. The number of primary amides is 1. The Morgan fingerprint density at radius 1 is 1.13 bits per heavy atom. The van der Waals surface area contributed by atoms with E-state index in [9.17, 15) is 9.59 Å². The standard InChI is InChI=1S/C22H25N5O2S2/c23-21(29)24-20(28)19(15-8-3-1-4-9-15)31-22-26-25-18(14-17-12-7-13-30-17)27(22)16-10-5-2-6-11-16/h1,3-4,7-9,12-13,16,19H,2,5-6,10-11,14H2,(H3,23,24,28,29)/t19-/m0/s1. The van der Waals surface area contributed by atoms with Crippen LogP contribution in [0.2, 0.25) is 0 Å². The number of imide groups is 1. The number of hydrogen-bond acceptors (Lipinski definition) is 6. The fourth-order valence-electron chi connectivity index (χ4n) is 3.98. The maximum absolute atomic E-state index is 12.8. The number of thioether (sulfide) groups is 1. The predicted molar refractivity (Wildman–Crippen MR) is 122 cm³/mol. The van der Waals surface area contributed by atoms with E-state index >= 15 is 0 Å². The van der Waals surface area contributed by atoms with Crippen molar-refractivity contribution >= 4 is 35.0 Å². The number of carbonyl (C=O) groups excluding carboxylic acids is 2. The van der Waals surface area contributed by atoms with Crippen LogP contribution in [0.5, 0.6) is 0 Å². The Morgan fingerprint density at radius 2 is 1.90 bits per heavy atom. The Hall–Kier alpha value is -2.65. The van der Waals surface area contributed by atoms with E-state index in [1.165, 1.54) is 35.9 Å². The highest BCUT2D eigenvalue weighted by Gasteiger charge is 2.29. The summed E-state index contributed by atoms with van der Waals surface area (Å²) in [6.45, 7) is 0. The van der Waals surface area contributed by atoms with Gasteiger partial charge in [-0.2, -0.15) is 0 Å². The van der Waals surface area contributed by atoms with Gasteiger partial charge in [-0.3, -0.25) is 10.1 Å². The Balaban J connectivity index is 1.68. The average Bonchev–Trinajstić information content (AvgIpc) is 3.43. The zero-order valence-corrected chi connectivity index (χ0v) is 18.7. The minimum atomic E-state index is -0.862. The highest BCUT2D eigenvalue weighted by atomic mass is 32.2. The van der Waals surface area contributed by atoms with Crippen molar-refractivity contribution in [1.29, 1.82) is 0 Å². The van der Waals surface area contributed by atoms with Gasteiger partial charge in [-0.15, -0.1) is 21.5 Å². The number of hydrogen-bond donors (Lipinski definition) is 2. The number of thiophene rings is 1. The molecule has 2 aromatic heterocycles. The topological polar surface area (TPSA) is 103 Å². The number of carbonyl (C=O) groups is 2. The van der Waals surface area contributed by atoms with Crippen molar-refractivity contribution in [1.82, 2.24) is 20.1 Å². The fourth-order valence-corrected chi connectivity index (χ4v) is 5.80.